The number of nitrogens with zero attached hydrogens (tertiary/aromatic N) is 3. The molecular weight excluding hydrogens is 364 g/mol. The van der Waals surface area contributed by atoms with Crippen LogP contribution >= 0.6 is 11.8 Å². The molecule has 1 aliphatic heterocycles. The lowest BCUT2D eigenvalue weighted by Gasteiger charge is -2.47. The van der Waals surface area contributed by atoms with Crippen LogP contribution in [0.5, 0.6) is 0 Å². The van der Waals surface area contributed by atoms with E-state index in [1.165, 1.54) is 16.7 Å². The van der Waals surface area contributed by atoms with Crippen molar-refractivity contribution < 1.29 is 14.4 Å². The van der Waals surface area contributed by atoms with Crippen molar-refractivity contribution in [1.82, 2.24) is 20.2 Å². The second kappa shape index (κ2) is 7.96. The number of carbonyl (C=O) groups excluding carboxylic acids is 3. The third kappa shape index (κ3) is 4.15. The molecule has 3 amide bonds. The minimum atomic E-state index is -0.867. The molecule has 1 aromatic rings. The summed E-state index contributed by atoms with van der Waals surface area (Å²) in [5.41, 5.74) is -0.00554. The minimum Gasteiger partial charge on any atom is -0.318 e. The summed E-state index contributed by atoms with van der Waals surface area (Å²) >= 11 is 1.33. The molecule has 146 valence electrons. The molecular formula is C19H26N4O3S. The van der Waals surface area contributed by atoms with Crippen LogP contribution < -0.4 is 5.32 Å². The van der Waals surface area contributed by atoms with Gasteiger partial charge in [-0.1, -0.05) is 44.9 Å². The van der Waals surface area contributed by atoms with E-state index in [2.05, 4.69) is 15.3 Å². The van der Waals surface area contributed by atoms with E-state index in [0.29, 0.717) is 12.8 Å². The Morgan fingerprint density at radius 2 is 1.96 bits per heavy atom. The normalized spacial score (nSPS) is 19.5. The summed E-state index contributed by atoms with van der Waals surface area (Å²) in [6.45, 7) is 5.91. The standard InChI is InChI=1S/C19H26N4O3S/c1-12(2)17-20-13(3)9-15(22-17)27-11-16(25)23-10-14(24)21-18(26)19(23)7-5-4-6-8-19/h9,12H,4-8,10-11H2,1-3H3,(H,21,24,26). The van der Waals surface area contributed by atoms with Crippen LogP contribution in [0.4, 0.5) is 0 Å². The van der Waals surface area contributed by atoms with Crippen LogP contribution in [0.3, 0.4) is 0 Å². The first-order valence-electron chi connectivity index (χ1n) is 9.45. The molecule has 0 atom stereocenters. The van der Waals surface area contributed by atoms with Crippen molar-refractivity contribution in [1.29, 1.82) is 0 Å². The van der Waals surface area contributed by atoms with Crippen LogP contribution in [0.15, 0.2) is 11.1 Å². The van der Waals surface area contributed by atoms with E-state index in [1.54, 1.807) is 0 Å². The van der Waals surface area contributed by atoms with Gasteiger partial charge >= 0.3 is 0 Å². The molecule has 1 spiro atoms. The van der Waals surface area contributed by atoms with Gasteiger partial charge in [-0.25, -0.2) is 9.97 Å². The molecule has 1 saturated heterocycles. The lowest BCUT2D eigenvalue weighted by Crippen LogP contribution is -2.69. The quantitative estimate of drug-likeness (QED) is 0.481. The molecule has 8 heteroatoms. The molecule has 1 aliphatic carbocycles. The van der Waals surface area contributed by atoms with E-state index < -0.39 is 11.4 Å². The molecule has 27 heavy (non-hydrogen) atoms. The van der Waals surface area contributed by atoms with Crippen LogP contribution in [-0.4, -0.2) is 50.4 Å². The summed E-state index contributed by atoms with van der Waals surface area (Å²) in [5.74, 6) is 0.185. The number of imide groups is 1. The van der Waals surface area contributed by atoms with Crippen molar-refractivity contribution >= 4 is 29.5 Å². The summed E-state index contributed by atoms with van der Waals surface area (Å²) in [7, 11) is 0. The van der Waals surface area contributed by atoms with Crippen molar-refractivity contribution in [3.8, 4) is 0 Å². The second-order valence-electron chi connectivity index (χ2n) is 7.60. The maximum atomic E-state index is 13.0. The van der Waals surface area contributed by atoms with E-state index in [4.69, 9.17) is 0 Å². The van der Waals surface area contributed by atoms with Crippen molar-refractivity contribution in [3.05, 3.63) is 17.6 Å². The van der Waals surface area contributed by atoms with E-state index >= 15 is 0 Å². The van der Waals surface area contributed by atoms with Gasteiger partial charge < -0.3 is 4.90 Å². The molecule has 2 heterocycles. The Morgan fingerprint density at radius 3 is 2.63 bits per heavy atom. The van der Waals surface area contributed by atoms with E-state index in [1.807, 2.05) is 26.8 Å². The highest BCUT2D eigenvalue weighted by molar-refractivity contribution is 7.99. The zero-order valence-electron chi connectivity index (χ0n) is 16.1. The minimum absolute atomic E-state index is 0.0504. The number of piperazine rings is 1. The number of hydrogen-bond donors (Lipinski definition) is 1. The molecule has 0 unspecified atom stereocenters. The number of hydrogen-bond acceptors (Lipinski definition) is 6. The van der Waals surface area contributed by atoms with Crippen LogP contribution in [0.1, 0.15) is 63.4 Å². The summed E-state index contributed by atoms with van der Waals surface area (Å²) < 4.78 is 0. The first-order valence-corrected chi connectivity index (χ1v) is 10.4. The largest absolute Gasteiger partial charge is 0.318 e. The fourth-order valence-corrected chi connectivity index (χ4v) is 4.61. The van der Waals surface area contributed by atoms with Gasteiger partial charge in [0.05, 0.1) is 5.75 Å². The summed E-state index contributed by atoms with van der Waals surface area (Å²) in [6, 6.07) is 1.86. The average Bonchev–Trinajstić information content (AvgIpc) is 2.63. The lowest BCUT2D eigenvalue weighted by atomic mass is 9.78. The fraction of sp³-hybridized carbons (Fsp3) is 0.632. The van der Waals surface area contributed by atoms with Crippen molar-refractivity contribution in [2.45, 2.75) is 69.4 Å². The first kappa shape index (κ1) is 19.8. The van der Waals surface area contributed by atoms with Gasteiger partial charge in [-0.05, 0) is 25.8 Å². The molecule has 0 bridgehead atoms. The third-order valence-corrected chi connectivity index (χ3v) is 6.08. The molecule has 7 nitrogen and oxygen atoms in total. The van der Waals surface area contributed by atoms with Crippen molar-refractivity contribution in [2.24, 2.45) is 0 Å². The Morgan fingerprint density at radius 1 is 1.26 bits per heavy atom. The highest BCUT2D eigenvalue weighted by atomic mass is 32.2. The smallest absolute Gasteiger partial charge is 0.252 e. The van der Waals surface area contributed by atoms with Crippen molar-refractivity contribution in [2.75, 3.05) is 12.3 Å². The Bertz CT molecular complexity index is 759. The lowest BCUT2D eigenvalue weighted by molar-refractivity contribution is -0.158. The van der Waals surface area contributed by atoms with Crippen LogP contribution in [-0.2, 0) is 14.4 Å². The fourth-order valence-electron chi connectivity index (χ4n) is 3.77. The Labute approximate surface area is 163 Å². The maximum Gasteiger partial charge on any atom is 0.252 e. The number of nitrogens with one attached hydrogen (secondary N) is 1. The molecule has 1 saturated carbocycles. The number of carbonyl (C=O) groups is 3. The average molecular weight is 391 g/mol. The topological polar surface area (TPSA) is 92.3 Å². The van der Waals surface area contributed by atoms with E-state index in [9.17, 15) is 14.4 Å². The first-order chi connectivity index (χ1) is 12.8. The number of amides is 3. The zero-order valence-corrected chi connectivity index (χ0v) is 16.9. The molecule has 0 radical (unpaired) electrons. The summed E-state index contributed by atoms with van der Waals surface area (Å²) in [5, 5.41) is 3.17. The van der Waals surface area contributed by atoms with E-state index in [-0.39, 0.29) is 30.0 Å². The summed E-state index contributed by atoms with van der Waals surface area (Å²) in [6.07, 6.45) is 4.07. The van der Waals surface area contributed by atoms with Gasteiger partial charge in [0, 0.05) is 11.6 Å². The summed E-state index contributed by atoms with van der Waals surface area (Å²) in [4.78, 5) is 47.9. The van der Waals surface area contributed by atoms with Gasteiger partial charge in [-0.3, -0.25) is 19.7 Å². The Kier molecular flexibility index (Phi) is 5.83. The number of aromatic nitrogens is 2. The second-order valence-corrected chi connectivity index (χ2v) is 8.59. The van der Waals surface area contributed by atoms with Gasteiger partial charge in [-0.15, -0.1) is 0 Å². The predicted molar refractivity (Wildman–Crippen MR) is 102 cm³/mol. The SMILES string of the molecule is Cc1cc(SCC(=O)N2CC(=O)NC(=O)C23CCCCC3)nc(C(C)C)n1. The van der Waals surface area contributed by atoms with Gasteiger partial charge in [0.25, 0.3) is 5.91 Å². The van der Waals surface area contributed by atoms with E-state index in [0.717, 1.165) is 35.8 Å². The number of aryl methyl sites for hydroxylation is 1. The molecule has 1 N–H and O–H groups in total. The highest BCUT2D eigenvalue weighted by Gasteiger charge is 2.50. The monoisotopic (exact) mass is 390 g/mol. The molecule has 2 fully saturated rings. The number of thioether (sulfide) groups is 1. The predicted octanol–water partition coefficient (Wildman–Crippen LogP) is 2.19. The molecule has 3 rings (SSSR count). The van der Waals surface area contributed by atoms with Crippen molar-refractivity contribution in [3.63, 3.8) is 0 Å². The third-order valence-electron chi connectivity index (χ3n) is 5.18. The number of rotatable bonds is 4. The molecule has 2 aliphatic rings. The van der Waals surface area contributed by atoms with Crippen LogP contribution in [0.25, 0.3) is 0 Å². The highest BCUT2D eigenvalue weighted by Crippen LogP contribution is 2.36. The van der Waals surface area contributed by atoms with Gasteiger partial charge in [-0.2, -0.15) is 0 Å². The molecule has 1 aromatic heterocycles. The van der Waals surface area contributed by atoms with Crippen LogP contribution in [0, 0.1) is 6.92 Å². The molecule has 0 aromatic carbocycles. The van der Waals surface area contributed by atoms with Gasteiger partial charge in [0.2, 0.25) is 11.8 Å². The van der Waals surface area contributed by atoms with Gasteiger partial charge in [0.15, 0.2) is 0 Å². The van der Waals surface area contributed by atoms with Gasteiger partial charge in [0.1, 0.15) is 22.9 Å². The Balaban J connectivity index is 1.76. The Hall–Kier alpha value is -1.96. The maximum absolute atomic E-state index is 13.0. The van der Waals surface area contributed by atoms with Crippen LogP contribution in [0.2, 0.25) is 0 Å². The zero-order chi connectivity index (χ0) is 19.6.